The highest BCUT2D eigenvalue weighted by Crippen LogP contribution is 2.59. The number of alkyl halides is 3. The number of epoxide rings is 2. The number of methoxy groups -OCH3 is 1. The van der Waals surface area contributed by atoms with Crippen molar-refractivity contribution in [3.8, 4) is 0 Å². The van der Waals surface area contributed by atoms with Crippen LogP contribution in [-0.4, -0.2) is 55.9 Å². The molecule has 0 aromatic rings. The third-order valence-corrected chi connectivity index (χ3v) is 5.06. The summed E-state index contributed by atoms with van der Waals surface area (Å²) in [5.41, 5.74) is -0.567. The molecule has 130 valence electrons. The fourth-order valence-corrected chi connectivity index (χ4v) is 3.75. The van der Waals surface area contributed by atoms with Gasteiger partial charge in [0, 0.05) is 13.5 Å². The molecule has 2 heterocycles. The zero-order valence-electron chi connectivity index (χ0n) is 13.1. The van der Waals surface area contributed by atoms with Gasteiger partial charge in [0.05, 0.1) is 25.2 Å². The minimum absolute atomic E-state index is 0.0932. The Morgan fingerprint density at radius 1 is 1.43 bits per heavy atom. The van der Waals surface area contributed by atoms with Gasteiger partial charge in [-0.2, -0.15) is 0 Å². The fraction of sp³-hybridized carbons (Fsp3) is 0.800. The van der Waals surface area contributed by atoms with Gasteiger partial charge in [0.25, 0.3) is 0 Å². The average molecular weight is 336 g/mol. The van der Waals surface area contributed by atoms with Gasteiger partial charge >= 0.3 is 6.36 Å². The van der Waals surface area contributed by atoms with Crippen LogP contribution in [0, 0.1) is 5.92 Å². The molecule has 2 aliphatic heterocycles. The van der Waals surface area contributed by atoms with E-state index >= 15 is 0 Å². The Hall–Kier alpha value is -0.960. The van der Waals surface area contributed by atoms with Crippen molar-refractivity contribution < 1.29 is 36.9 Å². The van der Waals surface area contributed by atoms with Crippen molar-refractivity contribution in [2.24, 2.45) is 5.92 Å². The van der Waals surface area contributed by atoms with Crippen molar-refractivity contribution in [2.75, 3.05) is 20.3 Å². The van der Waals surface area contributed by atoms with Gasteiger partial charge in [0.15, 0.2) is 5.78 Å². The maximum absolute atomic E-state index is 12.2. The van der Waals surface area contributed by atoms with E-state index < -0.39 is 36.4 Å². The summed E-state index contributed by atoms with van der Waals surface area (Å²) in [6, 6.07) is 0. The summed E-state index contributed by atoms with van der Waals surface area (Å²) in [5, 5.41) is 0. The molecule has 0 N–H and O–H groups in total. The van der Waals surface area contributed by atoms with E-state index in [4.69, 9.17) is 14.2 Å². The monoisotopic (exact) mass is 336 g/mol. The average Bonchev–Trinajstić information content (AvgIpc) is 3.32. The number of halogens is 3. The van der Waals surface area contributed by atoms with Gasteiger partial charge in [-0.3, -0.25) is 9.53 Å². The number of rotatable bonds is 5. The van der Waals surface area contributed by atoms with E-state index in [2.05, 4.69) is 4.74 Å². The third-order valence-electron chi connectivity index (χ3n) is 5.06. The van der Waals surface area contributed by atoms with Gasteiger partial charge in [0.2, 0.25) is 0 Å². The molecule has 5 nitrogen and oxygen atoms in total. The summed E-state index contributed by atoms with van der Waals surface area (Å²) in [6.07, 6.45) is -4.19. The lowest BCUT2D eigenvalue weighted by atomic mass is 9.69. The van der Waals surface area contributed by atoms with Crippen molar-refractivity contribution in [2.45, 2.75) is 50.0 Å². The molecule has 0 saturated carbocycles. The van der Waals surface area contributed by atoms with Gasteiger partial charge in [-0.1, -0.05) is 0 Å². The molecule has 2 saturated heterocycles. The molecule has 1 spiro atoms. The number of carbonyl (C=O) groups excluding carboxylic acids is 1. The largest absolute Gasteiger partial charge is 0.522 e. The quantitative estimate of drug-likeness (QED) is 0.719. The molecule has 0 aromatic heterocycles. The highest BCUT2D eigenvalue weighted by Gasteiger charge is 2.72. The standard InChI is InChI=1S/C15H19F3O5/c1-8-6-9(19)11(20-3)12(14(8)7-22-14)13(2)10(23-13)4-5-21-15(16,17)18/h6,10-12H,4-5,7H2,1-3H3. The van der Waals surface area contributed by atoms with Crippen LogP contribution in [0.1, 0.15) is 20.3 Å². The molecule has 0 amide bonds. The number of hydrogen-bond donors (Lipinski definition) is 0. The predicted octanol–water partition coefficient (Wildman–Crippen LogP) is 2.00. The zero-order chi connectivity index (χ0) is 17.0. The van der Waals surface area contributed by atoms with Crippen LogP contribution in [0.2, 0.25) is 0 Å². The molecule has 3 rings (SSSR count). The van der Waals surface area contributed by atoms with Gasteiger partial charge < -0.3 is 14.2 Å². The second-order valence-electron chi connectivity index (χ2n) is 6.42. The molecule has 2 fully saturated rings. The minimum atomic E-state index is -4.65. The smallest absolute Gasteiger partial charge is 0.373 e. The summed E-state index contributed by atoms with van der Waals surface area (Å²) < 4.78 is 56.7. The van der Waals surface area contributed by atoms with E-state index in [1.807, 2.05) is 6.92 Å². The first-order valence-corrected chi connectivity index (χ1v) is 7.42. The highest BCUT2D eigenvalue weighted by molar-refractivity contribution is 5.96. The Labute approximate surface area is 131 Å². The molecule has 0 radical (unpaired) electrons. The first-order valence-electron chi connectivity index (χ1n) is 7.42. The number of carbonyl (C=O) groups is 1. The molecule has 5 atom stereocenters. The Morgan fingerprint density at radius 2 is 2.09 bits per heavy atom. The van der Waals surface area contributed by atoms with E-state index in [1.54, 1.807) is 6.92 Å². The van der Waals surface area contributed by atoms with Crippen LogP contribution in [-0.2, 0) is 23.7 Å². The summed E-state index contributed by atoms with van der Waals surface area (Å²) in [4.78, 5) is 12.2. The van der Waals surface area contributed by atoms with Crippen molar-refractivity contribution in [3.63, 3.8) is 0 Å². The maximum Gasteiger partial charge on any atom is 0.522 e. The van der Waals surface area contributed by atoms with E-state index in [-0.39, 0.29) is 18.1 Å². The van der Waals surface area contributed by atoms with Crippen molar-refractivity contribution >= 4 is 5.78 Å². The van der Waals surface area contributed by atoms with Crippen LogP contribution in [0.3, 0.4) is 0 Å². The van der Waals surface area contributed by atoms with E-state index in [0.29, 0.717) is 6.61 Å². The molecule has 3 aliphatic rings. The Balaban J connectivity index is 1.73. The molecular weight excluding hydrogens is 317 g/mol. The molecule has 8 heteroatoms. The SMILES string of the molecule is COC1C(=O)C=C(C)C2(CO2)C1C1(C)OC1CCOC(F)(F)F. The molecule has 0 bridgehead atoms. The summed E-state index contributed by atoms with van der Waals surface area (Å²) in [5.74, 6) is -0.550. The summed E-state index contributed by atoms with van der Waals surface area (Å²) in [7, 11) is 1.44. The van der Waals surface area contributed by atoms with Crippen molar-refractivity contribution in [3.05, 3.63) is 11.6 Å². The van der Waals surface area contributed by atoms with Crippen LogP contribution in [0.25, 0.3) is 0 Å². The second kappa shape index (κ2) is 5.27. The molecule has 1 aliphatic carbocycles. The van der Waals surface area contributed by atoms with E-state index in [1.165, 1.54) is 13.2 Å². The first kappa shape index (κ1) is 16.9. The van der Waals surface area contributed by atoms with Gasteiger partial charge in [-0.05, 0) is 25.5 Å². The van der Waals surface area contributed by atoms with E-state index in [0.717, 1.165) is 5.57 Å². The molecule has 23 heavy (non-hydrogen) atoms. The lowest BCUT2D eigenvalue weighted by Gasteiger charge is -2.36. The molecule has 0 aromatic carbocycles. The van der Waals surface area contributed by atoms with Crippen molar-refractivity contribution in [1.29, 1.82) is 0 Å². The lowest BCUT2D eigenvalue weighted by Crippen LogP contribution is -2.52. The first-order chi connectivity index (χ1) is 10.6. The van der Waals surface area contributed by atoms with Gasteiger partial charge in [-0.25, -0.2) is 0 Å². The third kappa shape index (κ3) is 2.82. The van der Waals surface area contributed by atoms with Crippen molar-refractivity contribution in [1.82, 2.24) is 0 Å². The zero-order valence-corrected chi connectivity index (χ0v) is 13.1. The van der Waals surface area contributed by atoms with Gasteiger partial charge in [-0.15, -0.1) is 13.2 Å². The van der Waals surface area contributed by atoms with Crippen LogP contribution < -0.4 is 0 Å². The highest BCUT2D eigenvalue weighted by atomic mass is 19.4. The maximum atomic E-state index is 12.2. The summed E-state index contributed by atoms with van der Waals surface area (Å²) >= 11 is 0. The Bertz CT molecular complexity index is 540. The lowest BCUT2D eigenvalue weighted by molar-refractivity contribution is -0.324. The molecule has 5 unspecified atom stereocenters. The van der Waals surface area contributed by atoms with Gasteiger partial charge in [0.1, 0.15) is 17.3 Å². The van der Waals surface area contributed by atoms with Crippen LogP contribution in [0.5, 0.6) is 0 Å². The topological polar surface area (TPSA) is 60.6 Å². The number of ether oxygens (including phenoxy) is 4. The number of ketones is 1. The normalized spacial score (nSPS) is 42.8. The fourth-order valence-electron chi connectivity index (χ4n) is 3.75. The second-order valence-corrected chi connectivity index (χ2v) is 6.42. The van der Waals surface area contributed by atoms with Crippen LogP contribution in [0.4, 0.5) is 13.2 Å². The predicted molar refractivity (Wildman–Crippen MR) is 71.6 cm³/mol. The minimum Gasteiger partial charge on any atom is -0.373 e. The number of hydrogen-bond acceptors (Lipinski definition) is 5. The molecular formula is C15H19F3O5. The Kier molecular flexibility index (Phi) is 3.87. The van der Waals surface area contributed by atoms with Crippen LogP contribution in [0.15, 0.2) is 11.6 Å². The van der Waals surface area contributed by atoms with Crippen LogP contribution >= 0.6 is 0 Å². The van der Waals surface area contributed by atoms with E-state index in [9.17, 15) is 18.0 Å². The Morgan fingerprint density at radius 3 is 2.61 bits per heavy atom. The summed E-state index contributed by atoms with van der Waals surface area (Å²) in [6.45, 7) is 3.58.